The summed E-state index contributed by atoms with van der Waals surface area (Å²) in [7, 11) is 1.49. The second-order valence-corrected chi connectivity index (χ2v) is 5.60. The van der Waals surface area contributed by atoms with Crippen LogP contribution in [-0.4, -0.2) is 37.7 Å². The van der Waals surface area contributed by atoms with Gasteiger partial charge in [-0.25, -0.2) is 4.39 Å². The first kappa shape index (κ1) is 12.9. The predicted molar refractivity (Wildman–Crippen MR) is 72.7 cm³/mol. The molecule has 0 radical (unpaired) electrons. The fraction of sp³-hybridized carbons (Fsp3) is 0.600. The van der Waals surface area contributed by atoms with Crippen LogP contribution in [0.2, 0.25) is 0 Å². The molecule has 2 aliphatic rings. The van der Waals surface area contributed by atoms with Gasteiger partial charge < -0.3 is 10.1 Å². The summed E-state index contributed by atoms with van der Waals surface area (Å²) in [6, 6.07) is 5.89. The normalized spacial score (nSPS) is 24.4. The molecule has 1 heterocycles. The molecule has 1 unspecified atom stereocenters. The molecule has 4 heteroatoms. The maximum atomic E-state index is 13.7. The van der Waals surface area contributed by atoms with Gasteiger partial charge in [-0.15, -0.1) is 0 Å². The highest BCUT2D eigenvalue weighted by Gasteiger charge is 2.33. The van der Waals surface area contributed by atoms with Crippen LogP contribution in [0.3, 0.4) is 0 Å². The minimum absolute atomic E-state index is 0.270. The third-order valence-electron chi connectivity index (χ3n) is 4.10. The summed E-state index contributed by atoms with van der Waals surface area (Å²) in [5.41, 5.74) is 1.02. The molecule has 2 fully saturated rings. The molecule has 1 aliphatic carbocycles. The van der Waals surface area contributed by atoms with Crippen molar-refractivity contribution in [3.63, 3.8) is 0 Å². The van der Waals surface area contributed by atoms with Crippen molar-refractivity contribution in [2.75, 3.05) is 26.7 Å². The summed E-state index contributed by atoms with van der Waals surface area (Å²) >= 11 is 0. The van der Waals surface area contributed by atoms with E-state index >= 15 is 0 Å². The summed E-state index contributed by atoms with van der Waals surface area (Å²) in [4.78, 5) is 2.42. The van der Waals surface area contributed by atoms with E-state index in [0.717, 1.165) is 37.7 Å². The third kappa shape index (κ3) is 3.07. The Balaban J connectivity index is 1.62. The van der Waals surface area contributed by atoms with Crippen molar-refractivity contribution in [2.45, 2.75) is 25.4 Å². The minimum atomic E-state index is -0.270. The summed E-state index contributed by atoms with van der Waals surface area (Å²) in [6.45, 7) is 3.99. The molecule has 1 aliphatic heterocycles. The third-order valence-corrected chi connectivity index (χ3v) is 4.10. The van der Waals surface area contributed by atoms with Gasteiger partial charge in [0.25, 0.3) is 0 Å². The Morgan fingerprint density at radius 2 is 2.26 bits per heavy atom. The van der Waals surface area contributed by atoms with Gasteiger partial charge in [-0.05, 0) is 36.5 Å². The Kier molecular flexibility index (Phi) is 3.71. The standard InChI is InChI=1S/C15H21FN2O/c1-19-15-5-2-11(8-13(15)16)9-18-7-6-17-14(10-18)12-3-4-12/h2,5,8,12,14,17H,3-4,6-7,9-10H2,1H3. The maximum Gasteiger partial charge on any atom is 0.165 e. The van der Waals surface area contributed by atoms with E-state index in [-0.39, 0.29) is 5.82 Å². The van der Waals surface area contributed by atoms with Crippen LogP contribution in [0.15, 0.2) is 18.2 Å². The zero-order valence-corrected chi connectivity index (χ0v) is 11.4. The number of nitrogens with one attached hydrogen (secondary N) is 1. The summed E-state index contributed by atoms with van der Waals surface area (Å²) in [6.07, 6.45) is 2.73. The van der Waals surface area contributed by atoms with E-state index in [4.69, 9.17) is 4.74 Å². The molecule has 0 aromatic heterocycles. The smallest absolute Gasteiger partial charge is 0.165 e. The van der Waals surface area contributed by atoms with Gasteiger partial charge in [0.15, 0.2) is 11.6 Å². The summed E-state index contributed by atoms with van der Waals surface area (Å²) in [5, 5.41) is 3.59. The lowest BCUT2D eigenvalue weighted by Gasteiger charge is -2.34. The Morgan fingerprint density at radius 1 is 1.42 bits per heavy atom. The van der Waals surface area contributed by atoms with Crippen molar-refractivity contribution in [1.82, 2.24) is 10.2 Å². The van der Waals surface area contributed by atoms with Crippen molar-refractivity contribution >= 4 is 0 Å². The molecule has 0 bridgehead atoms. The number of benzene rings is 1. The first-order valence-corrected chi connectivity index (χ1v) is 7.04. The molecule has 19 heavy (non-hydrogen) atoms. The van der Waals surface area contributed by atoms with Crippen LogP contribution in [0.5, 0.6) is 5.75 Å². The topological polar surface area (TPSA) is 24.5 Å². The van der Waals surface area contributed by atoms with Crippen molar-refractivity contribution in [2.24, 2.45) is 5.92 Å². The molecule has 104 valence electrons. The van der Waals surface area contributed by atoms with Crippen molar-refractivity contribution in [1.29, 1.82) is 0 Å². The average Bonchev–Trinajstić information content (AvgIpc) is 3.24. The van der Waals surface area contributed by atoms with E-state index in [1.165, 1.54) is 20.0 Å². The van der Waals surface area contributed by atoms with Gasteiger partial charge in [-0.2, -0.15) is 0 Å². The molecule has 1 aromatic carbocycles. The summed E-state index contributed by atoms with van der Waals surface area (Å²) in [5.74, 6) is 0.921. The van der Waals surface area contributed by atoms with Crippen molar-refractivity contribution in [3.8, 4) is 5.75 Å². The molecule has 0 spiro atoms. The van der Waals surface area contributed by atoms with Gasteiger partial charge >= 0.3 is 0 Å². The minimum Gasteiger partial charge on any atom is -0.494 e. The largest absolute Gasteiger partial charge is 0.494 e. The Morgan fingerprint density at radius 3 is 2.95 bits per heavy atom. The lowest BCUT2D eigenvalue weighted by molar-refractivity contribution is 0.181. The van der Waals surface area contributed by atoms with Gasteiger partial charge in [-0.3, -0.25) is 4.90 Å². The molecule has 1 aromatic rings. The van der Waals surface area contributed by atoms with Gasteiger partial charge in [0.05, 0.1) is 7.11 Å². The van der Waals surface area contributed by atoms with Gasteiger partial charge in [-0.1, -0.05) is 6.07 Å². The van der Waals surface area contributed by atoms with Crippen LogP contribution >= 0.6 is 0 Å². The highest BCUT2D eigenvalue weighted by atomic mass is 19.1. The molecule has 0 amide bonds. The number of nitrogens with zero attached hydrogens (tertiary/aromatic N) is 1. The quantitative estimate of drug-likeness (QED) is 0.900. The van der Waals surface area contributed by atoms with Crippen molar-refractivity contribution < 1.29 is 9.13 Å². The fourth-order valence-corrected chi connectivity index (χ4v) is 2.87. The second-order valence-electron chi connectivity index (χ2n) is 5.60. The van der Waals surface area contributed by atoms with Crippen molar-refractivity contribution in [3.05, 3.63) is 29.6 Å². The van der Waals surface area contributed by atoms with Crippen LogP contribution in [0.1, 0.15) is 18.4 Å². The van der Waals surface area contributed by atoms with Gasteiger partial charge in [0.1, 0.15) is 0 Å². The highest BCUT2D eigenvalue weighted by molar-refractivity contribution is 5.29. The molecule has 3 rings (SSSR count). The van der Waals surface area contributed by atoms with E-state index in [0.29, 0.717) is 11.8 Å². The van der Waals surface area contributed by atoms with Crippen LogP contribution < -0.4 is 10.1 Å². The first-order valence-electron chi connectivity index (χ1n) is 7.04. The Bertz CT molecular complexity index is 448. The SMILES string of the molecule is COc1ccc(CN2CCNC(C3CC3)C2)cc1F. The Labute approximate surface area is 113 Å². The summed E-state index contributed by atoms with van der Waals surface area (Å²) < 4.78 is 18.6. The number of hydrogen-bond donors (Lipinski definition) is 1. The molecule has 1 saturated heterocycles. The lowest BCUT2D eigenvalue weighted by Crippen LogP contribution is -2.51. The first-order chi connectivity index (χ1) is 9.26. The fourth-order valence-electron chi connectivity index (χ4n) is 2.87. The van der Waals surface area contributed by atoms with Crippen LogP contribution in [0.25, 0.3) is 0 Å². The van der Waals surface area contributed by atoms with Gasteiger partial charge in [0, 0.05) is 32.2 Å². The number of methoxy groups -OCH3 is 1. The average molecular weight is 264 g/mol. The predicted octanol–water partition coefficient (Wildman–Crippen LogP) is 2.02. The van der Waals surface area contributed by atoms with Crippen LogP contribution in [-0.2, 0) is 6.54 Å². The molecular formula is C15H21FN2O. The number of piperazine rings is 1. The van der Waals surface area contributed by atoms with Crippen LogP contribution in [0, 0.1) is 11.7 Å². The Hall–Kier alpha value is -1.13. The molecule has 1 atom stereocenters. The van der Waals surface area contributed by atoms with E-state index in [1.54, 1.807) is 12.1 Å². The molecule has 1 N–H and O–H groups in total. The number of hydrogen-bond acceptors (Lipinski definition) is 3. The molecule has 1 saturated carbocycles. The highest BCUT2D eigenvalue weighted by Crippen LogP contribution is 2.33. The second kappa shape index (κ2) is 5.47. The van der Waals surface area contributed by atoms with E-state index in [2.05, 4.69) is 10.2 Å². The van der Waals surface area contributed by atoms with Gasteiger partial charge in [0.2, 0.25) is 0 Å². The van der Waals surface area contributed by atoms with E-state index in [1.807, 2.05) is 6.07 Å². The monoisotopic (exact) mass is 264 g/mol. The number of rotatable bonds is 4. The number of halogens is 1. The van der Waals surface area contributed by atoms with E-state index < -0.39 is 0 Å². The zero-order chi connectivity index (χ0) is 13.2. The van der Waals surface area contributed by atoms with Crippen LogP contribution in [0.4, 0.5) is 4.39 Å². The lowest BCUT2D eigenvalue weighted by atomic mass is 10.1. The number of ether oxygens (including phenoxy) is 1. The maximum absolute atomic E-state index is 13.7. The molecular weight excluding hydrogens is 243 g/mol. The zero-order valence-electron chi connectivity index (χ0n) is 11.4. The molecule has 3 nitrogen and oxygen atoms in total. The van der Waals surface area contributed by atoms with E-state index in [9.17, 15) is 4.39 Å².